The molecule has 0 saturated carbocycles. The second kappa shape index (κ2) is 17.1. The molecule has 0 saturated heterocycles. The van der Waals surface area contributed by atoms with Crippen LogP contribution in [0, 0.1) is 0 Å². The summed E-state index contributed by atoms with van der Waals surface area (Å²) in [6, 6.07) is 28.6. The molecular weight excluding hydrogens is 879 g/mol. The number of rotatable bonds is 12. The van der Waals surface area contributed by atoms with E-state index in [0.717, 1.165) is 93.9 Å². The van der Waals surface area contributed by atoms with Crippen molar-refractivity contribution in [1.29, 1.82) is 0 Å². The highest BCUT2D eigenvalue weighted by atomic mass is 19.4. The third-order valence-electron chi connectivity index (χ3n) is 13.9. The van der Waals surface area contributed by atoms with Gasteiger partial charge >= 0.3 is 12.4 Å². The van der Waals surface area contributed by atoms with Crippen LogP contribution in [0.4, 0.5) is 37.7 Å². The van der Waals surface area contributed by atoms with Gasteiger partial charge in [-0.1, -0.05) is 119 Å². The van der Waals surface area contributed by atoms with E-state index in [0.29, 0.717) is 48.2 Å². The number of hydrogen-bond donors (Lipinski definition) is 0. The first-order valence-electron chi connectivity index (χ1n) is 22.7. The summed E-state index contributed by atoms with van der Waals surface area (Å²) in [7, 11) is 4.07. The van der Waals surface area contributed by atoms with E-state index in [1.165, 1.54) is 0 Å². The molecule has 1 aliphatic heterocycles. The van der Waals surface area contributed by atoms with Crippen LogP contribution in [0.3, 0.4) is 0 Å². The van der Waals surface area contributed by atoms with Gasteiger partial charge in [0.1, 0.15) is 0 Å². The Kier molecular flexibility index (Phi) is 12.0. The molecule has 2 aliphatic rings. The van der Waals surface area contributed by atoms with Crippen LogP contribution in [0.1, 0.15) is 139 Å². The van der Waals surface area contributed by atoms with Crippen LogP contribution in [-0.2, 0) is 36.5 Å². The van der Waals surface area contributed by atoms with Crippen LogP contribution >= 0.6 is 0 Å². The fraction of sp³-hybridized carbons (Fsp3) is 0.286. The minimum atomic E-state index is -6.09. The van der Waals surface area contributed by atoms with Gasteiger partial charge in [0.05, 0.1) is 22.2 Å². The summed E-state index contributed by atoms with van der Waals surface area (Å²) in [5.74, 6) is -3.63. The van der Waals surface area contributed by atoms with Crippen molar-refractivity contribution in [2.45, 2.75) is 90.4 Å². The summed E-state index contributed by atoms with van der Waals surface area (Å²) >= 11 is 0. The number of ketones is 2. The first-order valence-corrected chi connectivity index (χ1v) is 22.7. The second-order valence-electron chi connectivity index (χ2n) is 17.8. The lowest BCUT2D eigenvalue weighted by Gasteiger charge is -2.38. The average Bonchev–Trinajstić information content (AvgIpc) is 3.74. The van der Waals surface area contributed by atoms with Crippen molar-refractivity contribution in [2.75, 3.05) is 23.9 Å². The Balaban J connectivity index is 1.35. The molecule has 6 aromatic carbocycles. The number of Topliss-reactive ketones (excluding diaryl/α,β-unsaturated/α-hetero) is 2. The van der Waals surface area contributed by atoms with E-state index in [1.807, 2.05) is 64.3 Å². The number of halogens is 6. The zero-order valence-corrected chi connectivity index (χ0v) is 39.0. The van der Waals surface area contributed by atoms with E-state index in [9.17, 15) is 19.2 Å². The minimum Gasteiger partial charge on any atom is -0.377 e. The van der Waals surface area contributed by atoms with Gasteiger partial charge in [-0.2, -0.15) is 26.3 Å². The number of hydrogen-bond acceptors (Lipinski definition) is 5. The number of amides is 2. The molecule has 1 aliphatic carbocycles. The number of fused-ring (bicyclic) bond motifs is 4. The molecule has 0 N–H and O–H groups in total. The standard InChI is InChI=1S/C56H50F6N2O4/c1-9-33-25-39(26-34(10-2)49(33)63(7)8)53(47-19-15-13-17-42(47)43-18-14-16-20-48(43)53)40-27-35(11-3)50(36(12-4)28-40)64-51(67)44-24-22-38(30-46(44)52(64)68)54(55(57,58)59,56(60,61)62)37-21-23-41(31(5)65)45(29-37)32(6)66/h13-30H,9-12H2,1-8H3. The first kappa shape index (κ1) is 47.7. The smallest absolute Gasteiger partial charge is 0.377 e. The number of benzene rings is 6. The fourth-order valence-electron chi connectivity index (χ4n) is 11.0. The van der Waals surface area contributed by atoms with Crippen molar-refractivity contribution < 1.29 is 45.5 Å². The number of aryl methyl sites for hydroxylation is 4. The molecule has 0 atom stereocenters. The van der Waals surface area contributed by atoms with Gasteiger partial charge in [-0.15, -0.1) is 0 Å². The minimum absolute atomic E-state index is 0.219. The highest BCUT2D eigenvalue weighted by Crippen LogP contribution is 2.59. The quantitative estimate of drug-likeness (QED) is 0.0693. The van der Waals surface area contributed by atoms with Gasteiger partial charge in [0.15, 0.2) is 11.6 Å². The molecule has 8 rings (SSSR count). The summed E-state index contributed by atoms with van der Waals surface area (Å²) < 4.78 is 93.0. The number of nitrogens with zero attached hydrogens (tertiary/aromatic N) is 2. The molecule has 2 amide bonds. The predicted octanol–water partition coefficient (Wildman–Crippen LogP) is 13.0. The highest BCUT2D eigenvalue weighted by Gasteiger charge is 2.73. The van der Waals surface area contributed by atoms with E-state index in [1.54, 1.807) is 0 Å². The lowest BCUT2D eigenvalue weighted by Crippen LogP contribution is -2.55. The van der Waals surface area contributed by atoms with Crippen molar-refractivity contribution in [1.82, 2.24) is 0 Å². The van der Waals surface area contributed by atoms with Gasteiger partial charge < -0.3 is 4.90 Å². The molecule has 6 aromatic rings. The van der Waals surface area contributed by atoms with Gasteiger partial charge in [-0.25, -0.2) is 4.90 Å². The molecule has 1 heterocycles. The predicted molar refractivity (Wildman–Crippen MR) is 253 cm³/mol. The maximum absolute atomic E-state index is 15.5. The summed E-state index contributed by atoms with van der Waals surface area (Å²) in [6.45, 7) is 9.96. The zero-order chi connectivity index (χ0) is 49.4. The van der Waals surface area contributed by atoms with Crippen LogP contribution in [0.2, 0.25) is 0 Å². The van der Waals surface area contributed by atoms with Crippen molar-refractivity contribution in [3.63, 3.8) is 0 Å². The molecule has 0 unspecified atom stereocenters. The van der Waals surface area contributed by atoms with Crippen LogP contribution in [0.5, 0.6) is 0 Å². The van der Waals surface area contributed by atoms with Gasteiger partial charge in [0, 0.05) is 30.9 Å². The molecule has 6 nitrogen and oxygen atoms in total. The number of carbonyl (C=O) groups excluding carboxylic acids is 4. The summed E-state index contributed by atoms with van der Waals surface area (Å²) in [6.07, 6.45) is -10.1. The Bertz CT molecular complexity index is 2980. The van der Waals surface area contributed by atoms with Crippen molar-refractivity contribution in [3.05, 3.63) is 187 Å². The van der Waals surface area contributed by atoms with Gasteiger partial charge in [0.25, 0.3) is 11.8 Å². The van der Waals surface area contributed by atoms with Gasteiger partial charge in [-0.3, -0.25) is 19.2 Å². The molecular formula is C56H50F6N2O4. The molecule has 0 aromatic heterocycles. The number of alkyl halides is 6. The molecule has 0 bridgehead atoms. The normalized spacial score (nSPS) is 14.2. The monoisotopic (exact) mass is 928 g/mol. The second-order valence-corrected chi connectivity index (χ2v) is 17.8. The van der Waals surface area contributed by atoms with E-state index in [2.05, 4.69) is 55.1 Å². The van der Waals surface area contributed by atoms with Crippen LogP contribution in [-0.4, -0.2) is 49.8 Å². The summed E-state index contributed by atoms with van der Waals surface area (Å²) in [5, 5.41) is 0. The van der Waals surface area contributed by atoms with Gasteiger partial charge in [0.2, 0.25) is 5.41 Å². The van der Waals surface area contributed by atoms with Crippen LogP contribution in [0.15, 0.2) is 109 Å². The SMILES string of the molecule is CCc1cc(C2(c3cc(CC)c(N4C(=O)c5ccc(C(c6ccc(C(C)=O)c(C(C)=O)c6)(C(F)(F)F)C(F)(F)F)cc5C4=O)c(CC)c3)c3ccccc3-c3ccccc32)cc(CC)c1N(C)C. The third-order valence-corrected chi connectivity index (χ3v) is 13.9. The molecule has 68 heavy (non-hydrogen) atoms. The third kappa shape index (κ3) is 6.84. The van der Waals surface area contributed by atoms with Crippen molar-refractivity contribution in [3.8, 4) is 11.1 Å². The number of anilines is 2. The van der Waals surface area contributed by atoms with E-state index < -0.39 is 68.8 Å². The Labute approximate surface area is 391 Å². The Hall–Kier alpha value is -6.82. The summed E-state index contributed by atoms with van der Waals surface area (Å²) in [5.41, 5.74) is 0.513. The molecule has 12 heteroatoms. The molecule has 0 fully saturated rings. The maximum atomic E-state index is 15.5. The molecule has 0 spiro atoms. The van der Waals surface area contributed by atoms with Crippen molar-refractivity contribution >= 4 is 34.8 Å². The Morgan fingerprint density at radius 1 is 0.529 bits per heavy atom. The lowest BCUT2D eigenvalue weighted by molar-refractivity contribution is -0.288. The fourth-order valence-corrected chi connectivity index (χ4v) is 11.0. The highest BCUT2D eigenvalue weighted by molar-refractivity contribution is 6.35. The van der Waals surface area contributed by atoms with Gasteiger partial charge in [-0.05, 0) is 124 Å². The topological polar surface area (TPSA) is 74.8 Å². The largest absolute Gasteiger partial charge is 0.411 e. The maximum Gasteiger partial charge on any atom is 0.411 e. The summed E-state index contributed by atoms with van der Waals surface area (Å²) in [4.78, 5) is 57.2. The zero-order valence-electron chi connectivity index (χ0n) is 39.0. The van der Waals surface area contributed by atoms with Crippen molar-refractivity contribution in [2.24, 2.45) is 0 Å². The van der Waals surface area contributed by atoms with Crippen LogP contribution < -0.4 is 9.80 Å². The van der Waals surface area contributed by atoms with E-state index >= 15 is 26.3 Å². The van der Waals surface area contributed by atoms with Crippen LogP contribution in [0.25, 0.3) is 11.1 Å². The molecule has 0 radical (unpaired) electrons. The first-order chi connectivity index (χ1) is 32.1. The number of carbonyl (C=O) groups is 4. The van der Waals surface area contributed by atoms with E-state index in [-0.39, 0.29) is 16.8 Å². The lowest BCUT2D eigenvalue weighted by atomic mass is 9.66. The van der Waals surface area contributed by atoms with E-state index in [4.69, 9.17) is 0 Å². The molecule has 350 valence electrons. The Morgan fingerprint density at radius 3 is 1.40 bits per heavy atom. The number of imide groups is 1. The average molecular weight is 929 g/mol. The Morgan fingerprint density at radius 2 is 0.956 bits per heavy atom.